The molecule has 9 nitrogen and oxygen atoms in total. The largest absolute Gasteiger partial charge is 0.458 e. The summed E-state index contributed by atoms with van der Waals surface area (Å²) in [5.74, 6) is -0.517. The zero-order valence-corrected chi connectivity index (χ0v) is 49.6. The van der Waals surface area contributed by atoms with E-state index in [0.29, 0.717) is 29.5 Å². The average Bonchev–Trinajstić information content (AvgIpc) is 3.19. The lowest BCUT2D eigenvalue weighted by Crippen LogP contribution is -2.69. The highest BCUT2D eigenvalue weighted by atomic mass is 79.9. The number of halogens is 1. The second-order valence-electron chi connectivity index (χ2n) is 23.3. The monoisotopic (exact) mass is 1040 g/mol. The number of allylic oxidation sites excluding steroid dienone is 1. The summed E-state index contributed by atoms with van der Waals surface area (Å²) in [6.45, 7) is 45.6. The topological polar surface area (TPSA) is 98.8 Å². The van der Waals surface area contributed by atoms with Gasteiger partial charge in [0.05, 0.1) is 23.9 Å². The predicted molar refractivity (Wildman–Crippen MR) is 282 cm³/mol. The molecule has 1 aromatic rings. The van der Waals surface area contributed by atoms with Gasteiger partial charge in [-0.05, 0) is 121 Å². The summed E-state index contributed by atoms with van der Waals surface area (Å²) in [5.41, 5.74) is 0.464. The first-order chi connectivity index (χ1) is 29.8. The molecular formula is C51H91BrO9Si4. The van der Waals surface area contributed by atoms with Crippen LogP contribution in [-0.4, -0.2) is 100 Å². The molecule has 2 fully saturated rings. The van der Waals surface area contributed by atoms with Crippen molar-refractivity contribution in [2.75, 3.05) is 6.61 Å². The van der Waals surface area contributed by atoms with E-state index in [4.69, 9.17) is 31.9 Å². The van der Waals surface area contributed by atoms with Crippen LogP contribution >= 0.6 is 15.9 Å². The number of ketones is 1. The van der Waals surface area contributed by atoms with Crippen molar-refractivity contribution >= 4 is 61.0 Å². The third kappa shape index (κ3) is 16.3. The number of rotatable bonds is 23. The number of hydrogen-bond acceptors (Lipinski definition) is 9. The lowest BCUT2D eigenvalue weighted by Gasteiger charge is -2.56. The summed E-state index contributed by atoms with van der Waals surface area (Å²) in [4.78, 5) is 27.1. The van der Waals surface area contributed by atoms with Gasteiger partial charge in [0.1, 0.15) is 30.5 Å². The van der Waals surface area contributed by atoms with Crippen molar-refractivity contribution in [1.29, 1.82) is 0 Å². The number of carbonyl (C=O) groups is 2. The van der Waals surface area contributed by atoms with Crippen molar-refractivity contribution in [3.8, 4) is 0 Å². The number of hydrogen-bond donors (Lipinski definition) is 0. The molecule has 0 saturated carbocycles. The van der Waals surface area contributed by atoms with E-state index in [1.165, 1.54) is 0 Å². The van der Waals surface area contributed by atoms with Crippen molar-refractivity contribution in [2.24, 2.45) is 0 Å². The van der Waals surface area contributed by atoms with Gasteiger partial charge in [0.25, 0.3) is 0 Å². The number of esters is 1. The molecule has 1 aromatic carbocycles. The Hall–Kier alpha value is -1.05. The number of ether oxygens (including phenoxy) is 3. The molecule has 2 heterocycles. The first-order valence-electron chi connectivity index (χ1n) is 24.6. The van der Waals surface area contributed by atoms with Crippen LogP contribution in [0.1, 0.15) is 132 Å². The van der Waals surface area contributed by atoms with Crippen LogP contribution in [0.15, 0.2) is 53.5 Å². The van der Waals surface area contributed by atoms with Crippen LogP contribution in [0.3, 0.4) is 0 Å². The highest BCUT2D eigenvalue weighted by molar-refractivity contribution is 9.11. The Kier molecular flexibility index (Phi) is 21.2. The molecule has 2 aliphatic heterocycles. The normalized spacial score (nSPS) is 23.8. The van der Waals surface area contributed by atoms with Gasteiger partial charge >= 0.3 is 5.97 Å². The van der Waals surface area contributed by atoms with Gasteiger partial charge in [-0.3, -0.25) is 4.79 Å². The van der Waals surface area contributed by atoms with Gasteiger partial charge < -0.3 is 31.9 Å². The summed E-state index contributed by atoms with van der Waals surface area (Å²) in [5, 5.41) is -0.315. The Morgan fingerprint density at radius 1 is 0.800 bits per heavy atom. The van der Waals surface area contributed by atoms with Crippen LogP contribution in [-0.2, 0) is 36.7 Å². The van der Waals surface area contributed by atoms with Gasteiger partial charge in [0.2, 0.25) is 0 Å². The van der Waals surface area contributed by atoms with E-state index >= 15 is 0 Å². The second-order valence-corrected chi connectivity index (χ2v) is 43.5. The van der Waals surface area contributed by atoms with Crippen molar-refractivity contribution in [3.05, 3.63) is 59.1 Å². The van der Waals surface area contributed by atoms with E-state index in [1.54, 1.807) is 30.3 Å². The minimum absolute atomic E-state index is 0.0157. The molecule has 0 unspecified atom stereocenters. The predicted octanol–water partition coefficient (Wildman–Crippen LogP) is 14.3. The molecule has 14 heteroatoms. The summed E-state index contributed by atoms with van der Waals surface area (Å²) in [6, 6.07) is 12.3. The SMILES string of the molecule is C=C(Br)C[C@@H](CCC(=O)/C=C/[C@H](O[Si](C)(C)C(C)(C)C)[C@@H]1O[C@H]2CC[C@H](CCO[Si](CC)(CC)CC)O[C@@H]2[C@H](O[Si](C)(C)C(C)(C)C)[C@@H]1O[Si](C)(C)C(C)(C)C)OC(=O)c1ccccc1. The molecular weight excluding hydrogens is 949 g/mol. The molecule has 0 N–H and O–H groups in total. The lowest BCUT2D eigenvalue weighted by atomic mass is 9.87. The number of carbonyl (C=O) groups excluding carboxylic acids is 2. The fourth-order valence-electron chi connectivity index (χ4n) is 7.79. The zero-order valence-electron chi connectivity index (χ0n) is 44.0. The summed E-state index contributed by atoms with van der Waals surface area (Å²) in [6.07, 6.45) is 3.69. The fourth-order valence-corrected chi connectivity index (χ4v) is 14.7. The fraction of sp³-hybridized carbons (Fsp3) is 0.765. The molecule has 65 heavy (non-hydrogen) atoms. The Balaban J connectivity index is 2.12. The minimum atomic E-state index is -2.49. The van der Waals surface area contributed by atoms with Gasteiger partial charge in [0.15, 0.2) is 39.1 Å². The zero-order chi connectivity index (χ0) is 49.4. The minimum Gasteiger partial charge on any atom is -0.458 e. The molecule has 2 saturated heterocycles. The number of benzene rings is 1. The maximum absolute atomic E-state index is 14.0. The van der Waals surface area contributed by atoms with Gasteiger partial charge in [-0.25, -0.2) is 4.79 Å². The van der Waals surface area contributed by atoms with Crippen LogP contribution in [0.5, 0.6) is 0 Å². The van der Waals surface area contributed by atoms with Gasteiger partial charge in [-0.1, -0.05) is 130 Å². The number of fused-ring (bicyclic) bond motifs is 1. The molecule has 372 valence electrons. The Bertz CT molecular complexity index is 1700. The maximum atomic E-state index is 14.0. The van der Waals surface area contributed by atoms with E-state index in [1.807, 2.05) is 12.1 Å². The quantitative estimate of drug-likeness (QED) is 0.0603. The first-order valence-corrected chi connectivity index (χ1v) is 36.7. The third-order valence-electron chi connectivity index (χ3n) is 15.5. The summed E-state index contributed by atoms with van der Waals surface area (Å²) in [7, 11) is -9.15. The van der Waals surface area contributed by atoms with E-state index in [0.717, 1.165) is 37.4 Å². The lowest BCUT2D eigenvalue weighted by molar-refractivity contribution is -0.267. The summed E-state index contributed by atoms with van der Waals surface area (Å²) >= 11 is 3.45. The van der Waals surface area contributed by atoms with Gasteiger partial charge in [-0.15, -0.1) is 0 Å². The molecule has 0 bridgehead atoms. The van der Waals surface area contributed by atoms with E-state index in [2.05, 4.69) is 145 Å². The van der Waals surface area contributed by atoms with Crippen LogP contribution in [0.2, 0.25) is 72.5 Å². The Morgan fingerprint density at radius 3 is 1.85 bits per heavy atom. The molecule has 0 aliphatic carbocycles. The second kappa shape index (κ2) is 23.7. The highest BCUT2D eigenvalue weighted by Crippen LogP contribution is 2.47. The molecule has 8 atom stereocenters. The van der Waals surface area contributed by atoms with Crippen molar-refractivity contribution in [3.63, 3.8) is 0 Å². The molecule has 3 rings (SSSR count). The maximum Gasteiger partial charge on any atom is 0.338 e. The Labute approximate surface area is 408 Å². The van der Waals surface area contributed by atoms with Crippen molar-refractivity contribution in [2.45, 2.75) is 243 Å². The smallest absolute Gasteiger partial charge is 0.338 e. The molecule has 0 amide bonds. The standard InChI is InChI=1S/C51H91BrO9Si4/c1-20-65(21-2,22-3)55-35-34-40-31-33-42-44(56-40)46(60-63(16,17)50(8,9)10)47(61-64(18,19)51(11,12)13)45(58-42)43(59-62(14,15)49(5,6)7)32-29-39(53)28-30-41(36-37(4)52)57-48(54)38-26-24-23-25-27-38/h23-27,29,32,40-47H,4,20-22,28,30-31,33-36H2,1-3,5-19H3/b32-29+/t40-,41-,42+,43+,44+,45+,46+,47-/m1/s1. The molecule has 0 aromatic heterocycles. The molecule has 0 spiro atoms. The molecule has 2 aliphatic rings. The first kappa shape index (κ1) is 58.3. The van der Waals surface area contributed by atoms with Crippen molar-refractivity contribution < 1.29 is 41.5 Å². The van der Waals surface area contributed by atoms with Gasteiger partial charge in [0, 0.05) is 19.4 Å². The highest BCUT2D eigenvalue weighted by Gasteiger charge is 2.58. The third-order valence-corrected chi connectivity index (χ3v) is 34.0. The van der Waals surface area contributed by atoms with E-state index < -0.39 is 69.8 Å². The van der Waals surface area contributed by atoms with Crippen LogP contribution < -0.4 is 0 Å². The summed E-state index contributed by atoms with van der Waals surface area (Å²) < 4.78 is 50.6. The van der Waals surface area contributed by atoms with E-state index in [9.17, 15) is 9.59 Å². The van der Waals surface area contributed by atoms with Crippen LogP contribution in [0.25, 0.3) is 0 Å². The van der Waals surface area contributed by atoms with E-state index in [-0.39, 0.29) is 45.6 Å². The average molecular weight is 1040 g/mol. The molecule has 0 radical (unpaired) electrons. The van der Waals surface area contributed by atoms with Crippen LogP contribution in [0.4, 0.5) is 0 Å². The van der Waals surface area contributed by atoms with Gasteiger partial charge in [-0.2, -0.15) is 0 Å². The van der Waals surface area contributed by atoms with Crippen LogP contribution in [0, 0.1) is 0 Å². The van der Waals surface area contributed by atoms with Crippen molar-refractivity contribution in [1.82, 2.24) is 0 Å². The Morgan fingerprint density at radius 2 is 1.34 bits per heavy atom.